The summed E-state index contributed by atoms with van der Waals surface area (Å²) < 4.78 is 9.88. The van der Waals surface area contributed by atoms with Gasteiger partial charge >= 0.3 is 12.0 Å². The Kier molecular flexibility index (Phi) is 3.79. The van der Waals surface area contributed by atoms with Gasteiger partial charge in [0.25, 0.3) is 0 Å². The zero-order chi connectivity index (χ0) is 12.8. The van der Waals surface area contributed by atoms with Crippen molar-refractivity contribution in [1.29, 1.82) is 0 Å². The molecule has 0 unspecified atom stereocenters. The molecular formula is C10H12N6O2. The van der Waals surface area contributed by atoms with Crippen LogP contribution in [0.5, 0.6) is 12.0 Å². The van der Waals surface area contributed by atoms with Crippen molar-refractivity contribution in [2.24, 2.45) is 0 Å². The van der Waals surface area contributed by atoms with E-state index in [0.29, 0.717) is 12.5 Å². The molecule has 0 amide bonds. The number of rotatable bonds is 5. The number of nitrogens with zero attached hydrogens (tertiary/aromatic N) is 5. The van der Waals surface area contributed by atoms with Crippen LogP contribution in [0, 0.1) is 0 Å². The zero-order valence-electron chi connectivity index (χ0n) is 9.99. The molecule has 0 saturated carbocycles. The number of aromatic nitrogens is 5. The fourth-order valence-electron chi connectivity index (χ4n) is 1.19. The van der Waals surface area contributed by atoms with Crippen LogP contribution in [0.1, 0.15) is 5.69 Å². The molecule has 0 bridgehead atoms. The van der Waals surface area contributed by atoms with Crippen LogP contribution < -0.4 is 14.8 Å². The standard InChI is InChI=1S/C10H12N6O2/c1-17-9-14-8(15-10(16-9)18-2)12-5-7-3-4-11-6-13-7/h3-4,6H,5H2,1-2H3,(H,12,14,15,16). The first kappa shape index (κ1) is 12.0. The Balaban J connectivity index is 2.09. The molecule has 2 aromatic heterocycles. The molecule has 8 heteroatoms. The minimum Gasteiger partial charge on any atom is -0.467 e. The van der Waals surface area contributed by atoms with Crippen LogP contribution in [0.15, 0.2) is 18.6 Å². The zero-order valence-corrected chi connectivity index (χ0v) is 9.99. The maximum Gasteiger partial charge on any atom is 0.324 e. The van der Waals surface area contributed by atoms with Gasteiger partial charge in [-0.15, -0.1) is 4.98 Å². The molecule has 2 rings (SSSR count). The van der Waals surface area contributed by atoms with Crippen molar-refractivity contribution < 1.29 is 9.47 Å². The van der Waals surface area contributed by atoms with Gasteiger partial charge < -0.3 is 14.8 Å². The van der Waals surface area contributed by atoms with Gasteiger partial charge in [-0.1, -0.05) is 0 Å². The van der Waals surface area contributed by atoms with Gasteiger partial charge in [0.2, 0.25) is 5.95 Å². The first-order valence-electron chi connectivity index (χ1n) is 5.14. The number of ether oxygens (including phenoxy) is 2. The summed E-state index contributed by atoms with van der Waals surface area (Å²) in [4.78, 5) is 19.9. The van der Waals surface area contributed by atoms with E-state index in [0.717, 1.165) is 5.69 Å². The van der Waals surface area contributed by atoms with E-state index in [9.17, 15) is 0 Å². The third-order valence-corrected chi connectivity index (χ3v) is 2.03. The van der Waals surface area contributed by atoms with Crippen molar-refractivity contribution in [2.75, 3.05) is 19.5 Å². The molecule has 18 heavy (non-hydrogen) atoms. The number of hydrogen-bond acceptors (Lipinski definition) is 8. The lowest BCUT2D eigenvalue weighted by Gasteiger charge is -2.06. The third-order valence-electron chi connectivity index (χ3n) is 2.03. The van der Waals surface area contributed by atoms with Crippen molar-refractivity contribution in [3.8, 4) is 12.0 Å². The summed E-state index contributed by atoms with van der Waals surface area (Å²) in [5, 5.41) is 3.00. The van der Waals surface area contributed by atoms with Crippen LogP contribution in [0.3, 0.4) is 0 Å². The van der Waals surface area contributed by atoms with Gasteiger partial charge in [-0.3, -0.25) is 0 Å². The predicted molar refractivity (Wildman–Crippen MR) is 62.3 cm³/mol. The number of hydrogen-bond donors (Lipinski definition) is 1. The molecule has 1 N–H and O–H groups in total. The second kappa shape index (κ2) is 5.71. The van der Waals surface area contributed by atoms with E-state index in [1.807, 2.05) is 0 Å². The van der Waals surface area contributed by atoms with Crippen molar-refractivity contribution in [3.63, 3.8) is 0 Å². The average Bonchev–Trinajstić information content (AvgIpc) is 2.45. The Morgan fingerprint density at radius 1 is 1.11 bits per heavy atom. The molecule has 0 radical (unpaired) electrons. The first-order chi connectivity index (χ1) is 8.81. The summed E-state index contributed by atoms with van der Waals surface area (Å²) in [6, 6.07) is 2.17. The van der Waals surface area contributed by atoms with E-state index in [2.05, 4.69) is 30.2 Å². The number of methoxy groups -OCH3 is 2. The summed E-state index contributed by atoms with van der Waals surface area (Å²) in [6.07, 6.45) is 3.14. The Labute approximate surface area is 103 Å². The topological polar surface area (TPSA) is 94.9 Å². The summed E-state index contributed by atoms with van der Waals surface area (Å²) in [5.41, 5.74) is 0.823. The number of nitrogens with one attached hydrogen (secondary N) is 1. The van der Waals surface area contributed by atoms with Gasteiger partial charge in [-0.25, -0.2) is 9.97 Å². The lowest BCUT2D eigenvalue weighted by atomic mass is 10.4. The fourth-order valence-corrected chi connectivity index (χ4v) is 1.19. The minimum absolute atomic E-state index is 0.187. The van der Waals surface area contributed by atoms with E-state index in [1.165, 1.54) is 20.5 Å². The van der Waals surface area contributed by atoms with E-state index in [4.69, 9.17) is 9.47 Å². The average molecular weight is 248 g/mol. The Hall–Kier alpha value is -2.51. The first-order valence-corrected chi connectivity index (χ1v) is 5.14. The highest BCUT2D eigenvalue weighted by Gasteiger charge is 2.06. The Morgan fingerprint density at radius 3 is 2.39 bits per heavy atom. The molecule has 0 fully saturated rings. The van der Waals surface area contributed by atoms with Crippen LogP contribution >= 0.6 is 0 Å². The lowest BCUT2D eigenvalue weighted by Crippen LogP contribution is -2.08. The molecule has 2 heterocycles. The van der Waals surface area contributed by atoms with Crippen LogP contribution in [-0.2, 0) is 6.54 Å². The number of anilines is 1. The normalized spacial score (nSPS) is 9.89. The van der Waals surface area contributed by atoms with Crippen molar-refractivity contribution >= 4 is 5.95 Å². The van der Waals surface area contributed by atoms with Gasteiger partial charge in [0, 0.05) is 6.20 Å². The van der Waals surface area contributed by atoms with Crippen LogP contribution in [0.4, 0.5) is 5.95 Å². The molecule has 0 spiro atoms. The van der Waals surface area contributed by atoms with Gasteiger partial charge in [-0.05, 0) is 6.07 Å². The third kappa shape index (κ3) is 3.00. The minimum atomic E-state index is 0.187. The SMILES string of the molecule is COc1nc(NCc2ccncn2)nc(OC)n1. The molecule has 94 valence electrons. The van der Waals surface area contributed by atoms with Gasteiger partial charge in [0.1, 0.15) is 6.33 Å². The highest BCUT2D eigenvalue weighted by molar-refractivity contribution is 5.28. The quantitative estimate of drug-likeness (QED) is 0.806. The second-order valence-electron chi connectivity index (χ2n) is 3.19. The summed E-state index contributed by atoms with van der Waals surface area (Å²) in [7, 11) is 2.95. The molecule has 0 atom stereocenters. The van der Waals surface area contributed by atoms with Crippen LogP contribution in [0.25, 0.3) is 0 Å². The molecule has 8 nitrogen and oxygen atoms in total. The summed E-state index contributed by atoms with van der Waals surface area (Å²) in [6.45, 7) is 0.471. The van der Waals surface area contributed by atoms with Crippen molar-refractivity contribution in [3.05, 3.63) is 24.3 Å². The van der Waals surface area contributed by atoms with Gasteiger partial charge in [0.05, 0.1) is 26.5 Å². The van der Waals surface area contributed by atoms with E-state index >= 15 is 0 Å². The molecule has 0 aliphatic rings. The van der Waals surface area contributed by atoms with Gasteiger partial charge in [-0.2, -0.15) is 9.97 Å². The fraction of sp³-hybridized carbons (Fsp3) is 0.300. The predicted octanol–water partition coefficient (Wildman–Crippen LogP) is 0.291. The van der Waals surface area contributed by atoms with Crippen molar-refractivity contribution in [1.82, 2.24) is 24.9 Å². The lowest BCUT2D eigenvalue weighted by molar-refractivity contribution is 0.341. The maximum absolute atomic E-state index is 4.94. The van der Waals surface area contributed by atoms with E-state index in [1.54, 1.807) is 12.3 Å². The van der Waals surface area contributed by atoms with Crippen LogP contribution in [0.2, 0.25) is 0 Å². The summed E-state index contributed by atoms with van der Waals surface area (Å²) >= 11 is 0. The molecule has 0 aliphatic carbocycles. The largest absolute Gasteiger partial charge is 0.467 e. The molecule has 0 aliphatic heterocycles. The molecule has 0 saturated heterocycles. The highest BCUT2D eigenvalue weighted by Crippen LogP contribution is 2.12. The van der Waals surface area contributed by atoms with E-state index < -0.39 is 0 Å². The van der Waals surface area contributed by atoms with E-state index in [-0.39, 0.29) is 12.0 Å². The molecular weight excluding hydrogens is 236 g/mol. The van der Waals surface area contributed by atoms with Gasteiger partial charge in [0.15, 0.2) is 0 Å². The van der Waals surface area contributed by atoms with Crippen molar-refractivity contribution in [2.45, 2.75) is 6.54 Å². The Bertz CT molecular complexity index is 485. The van der Waals surface area contributed by atoms with Crippen LogP contribution in [-0.4, -0.2) is 39.1 Å². The maximum atomic E-state index is 4.94. The Morgan fingerprint density at radius 2 is 1.83 bits per heavy atom. The summed E-state index contributed by atoms with van der Waals surface area (Å²) in [5.74, 6) is 0.359. The molecule has 0 aromatic carbocycles. The monoisotopic (exact) mass is 248 g/mol. The highest BCUT2D eigenvalue weighted by atomic mass is 16.5. The molecule has 2 aromatic rings. The second-order valence-corrected chi connectivity index (χ2v) is 3.19. The smallest absolute Gasteiger partial charge is 0.324 e.